The van der Waals surface area contributed by atoms with Crippen LogP contribution in [0.15, 0.2) is 18.2 Å². The Hall–Kier alpha value is -1.02. The molecule has 2 nitrogen and oxygen atoms in total. The third-order valence-electron chi connectivity index (χ3n) is 3.56. The second kappa shape index (κ2) is 3.53. The van der Waals surface area contributed by atoms with Gasteiger partial charge >= 0.3 is 0 Å². The van der Waals surface area contributed by atoms with E-state index in [1.807, 2.05) is 12.1 Å². The molecule has 1 unspecified atom stereocenters. The lowest BCUT2D eigenvalue weighted by Gasteiger charge is -2.30. The predicted molar refractivity (Wildman–Crippen MR) is 60.0 cm³/mol. The van der Waals surface area contributed by atoms with Crippen molar-refractivity contribution >= 4 is 0 Å². The third-order valence-corrected chi connectivity index (χ3v) is 3.56. The summed E-state index contributed by atoms with van der Waals surface area (Å²) in [4.78, 5) is 0. The number of hydrogen-bond donors (Lipinski definition) is 2. The quantitative estimate of drug-likeness (QED) is 0.780. The Kier molecular flexibility index (Phi) is 2.47. The van der Waals surface area contributed by atoms with Crippen LogP contribution in [0.5, 0.6) is 5.75 Å². The van der Waals surface area contributed by atoms with Gasteiger partial charge in [-0.25, -0.2) is 0 Å². The van der Waals surface area contributed by atoms with Crippen LogP contribution in [0.3, 0.4) is 0 Å². The number of hydrogen-bond acceptors (Lipinski definition) is 2. The van der Waals surface area contributed by atoms with Gasteiger partial charge in [0.25, 0.3) is 0 Å². The Morgan fingerprint density at radius 1 is 1.40 bits per heavy atom. The molecule has 1 aromatic carbocycles. The van der Waals surface area contributed by atoms with E-state index in [4.69, 9.17) is 0 Å². The number of aliphatic hydroxyl groups excluding tert-OH is 1. The van der Waals surface area contributed by atoms with Crippen molar-refractivity contribution in [3.8, 4) is 5.75 Å². The third kappa shape index (κ3) is 1.74. The molecule has 0 fully saturated rings. The Labute approximate surface area is 90.6 Å². The highest BCUT2D eigenvalue weighted by Crippen LogP contribution is 2.45. The molecule has 2 N–H and O–H groups in total. The summed E-state index contributed by atoms with van der Waals surface area (Å²) >= 11 is 0. The average molecular weight is 206 g/mol. The summed E-state index contributed by atoms with van der Waals surface area (Å²) in [5, 5.41) is 18.8. The van der Waals surface area contributed by atoms with Crippen LogP contribution >= 0.6 is 0 Å². The summed E-state index contributed by atoms with van der Waals surface area (Å²) in [7, 11) is 0. The molecule has 82 valence electrons. The number of fused-ring (bicyclic) bond motifs is 1. The van der Waals surface area contributed by atoms with Crippen LogP contribution in [0.2, 0.25) is 0 Å². The smallest absolute Gasteiger partial charge is 0.115 e. The van der Waals surface area contributed by atoms with Crippen LogP contribution in [0.4, 0.5) is 0 Å². The SMILES string of the molecule is CC(C)(CO)C1CCc2cc(O)ccc21. The Bertz CT molecular complexity index is 369. The van der Waals surface area contributed by atoms with Crippen molar-refractivity contribution in [3.63, 3.8) is 0 Å². The fourth-order valence-electron chi connectivity index (χ4n) is 2.53. The van der Waals surface area contributed by atoms with E-state index in [-0.39, 0.29) is 12.0 Å². The highest BCUT2D eigenvalue weighted by atomic mass is 16.3. The monoisotopic (exact) mass is 206 g/mol. The highest BCUT2D eigenvalue weighted by molar-refractivity contribution is 5.41. The molecule has 0 bridgehead atoms. The van der Waals surface area contributed by atoms with Crippen LogP contribution < -0.4 is 0 Å². The van der Waals surface area contributed by atoms with Crippen molar-refractivity contribution in [2.45, 2.75) is 32.6 Å². The van der Waals surface area contributed by atoms with Gasteiger partial charge in [-0.05, 0) is 47.4 Å². The molecule has 0 aliphatic heterocycles. The second-order valence-corrected chi connectivity index (χ2v) is 5.12. The van der Waals surface area contributed by atoms with Gasteiger partial charge in [-0.1, -0.05) is 19.9 Å². The van der Waals surface area contributed by atoms with Gasteiger partial charge in [0.1, 0.15) is 5.75 Å². The van der Waals surface area contributed by atoms with Crippen molar-refractivity contribution in [2.24, 2.45) is 5.41 Å². The molecule has 0 aromatic heterocycles. The molecule has 0 saturated heterocycles. The number of phenols is 1. The minimum atomic E-state index is -0.0672. The van der Waals surface area contributed by atoms with Crippen LogP contribution in [-0.2, 0) is 6.42 Å². The van der Waals surface area contributed by atoms with Crippen LogP contribution in [-0.4, -0.2) is 16.8 Å². The summed E-state index contributed by atoms with van der Waals surface area (Å²) in [6.07, 6.45) is 2.09. The van der Waals surface area contributed by atoms with Gasteiger partial charge in [0.15, 0.2) is 0 Å². The van der Waals surface area contributed by atoms with E-state index in [1.165, 1.54) is 11.1 Å². The minimum Gasteiger partial charge on any atom is -0.508 e. The summed E-state index contributed by atoms with van der Waals surface area (Å²) in [6, 6.07) is 5.59. The number of phenolic OH excluding ortho intramolecular Hbond substituents is 1. The molecule has 0 amide bonds. The van der Waals surface area contributed by atoms with Gasteiger partial charge in [0, 0.05) is 6.61 Å². The number of rotatable bonds is 2. The van der Waals surface area contributed by atoms with Crippen molar-refractivity contribution in [3.05, 3.63) is 29.3 Å². The maximum Gasteiger partial charge on any atom is 0.115 e. The lowest BCUT2D eigenvalue weighted by atomic mass is 9.76. The summed E-state index contributed by atoms with van der Waals surface area (Å²) < 4.78 is 0. The maximum atomic E-state index is 9.39. The van der Waals surface area contributed by atoms with E-state index >= 15 is 0 Å². The van der Waals surface area contributed by atoms with Gasteiger partial charge in [0.05, 0.1) is 0 Å². The molecule has 15 heavy (non-hydrogen) atoms. The molecular weight excluding hydrogens is 188 g/mol. The average Bonchev–Trinajstić information content (AvgIpc) is 2.61. The standard InChI is InChI=1S/C13H18O2/c1-13(2,8-14)12-6-3-9-7-10(15)4-5-11(9)12/h4-5,7,12,14-15H,3,6,8H2,1-2H3. The molecule has 0 saturated carbocycles. The molecule has 2 rings (SSSR count). The van der Waals surface area contributed by atoms with E-state index < -0.39 is 0 Å². The lowest BCUT2D eigenvalue weighted by molar-refractivity contribution is 0.130. The van der Waals surface area contributed by atoms with Gasteiger partial charge in [-0.15, -0.1) is 0 Å². The second-order valence-electron chi connectivity index (χ2n) is 5.12. The first-order chi connectivity index (χ1) is 7.04. The fourth-order valence-corrected chi connectivity index (χ4v) is 2.53. The van der Waals surface area contributed by atoms with E-state index in [2.05, 4.69) is 13.8 Å². The number of aryl methyl sites for hydroxylation is 1. The summed E-state index contributed by atoms with van der Waals surface area (Å²) in [5.74, 6) is 0.759. The van der Waals surface area contributed by atoms with E-state index in [9.17, 15) is 10.2 Å². The van der Waals surface area contributed by atoms with Gasteiger partial charge < -0.3 is 10.2 Å². The number of benzene rings is 1. The van der Waals surface area contributed by atoms with E-state index in [0.717, 1.165) is 12.8 Å². The molecule has 1 aromatic rings. The van der Waals surface area contributed by atoms with Crippen LogP contribution in [0.25, 0.3) is 0 Å². The van der Waals surface area contributed by atoms with Crippen LogP contribution in [0, 0.1) is 5.41 Å². The van der Waals surface area contributed by atoms with Crippen molar-refractivity contribution in [2.75, 3.05) is 6.61 Å². The molecule has 0 radical (unpaired) electrons. The zero-order valence-corrected chi connectivity index (χ0v) is 9.33. The summed E-state index contributed by atoms with van der Waals surface area (Å²) in [5.41, 5.74) is 2.47. The molecule has 1 aliphatic rings. The summed E-state index contributed by atoms with van der Waals surface area (Å²) in [6.45, 7) is 4.40. The molecule has 2 heteroatoms. The van der Waals surface area contributed by atoms with E-state index in [1.54, 1.807) is 6.07 Å². The van der Waals surface area contributed by atoms with Crippen molar-refractivity contribution < 1.29 is 10.2 Å². The molecule has 1 atom stereocenters. The predicted octanol–water partition coefficient (Wildman–Crippen LogP) is 2.44. The van der Waals surface area contributed by atoms with E-state index in [0.29, 0.717) is 11.7 Å². The van der Waals surface area contributed by atoms with Crippen molar-refractivity contribution in [1.82, 2.24) is 0 Å². The highest BCUT2D eigenvalue weighted by Gasteiger charge is 2.34. The molecule has 0 heterocycles. The first-order valence-electron chi connectivity index (χ1n) is 5.47. The Morgan fingerprint density at radius 2 is 2.13 bits per heavy atom. The van der Waals surface area contributed by atoms with Gasteiger partial charge in [-0.2, -0.15) is 0 Å². The number of aromatic hydroxyl groups is 1. The normalized spacial score (nSPS) is 20.3. The lowest BCUT2D eigenvalue weighted by Crippen LogP contribution is -2.24. The zero-order valence-electron chi connectivity index (χ0n) is 9.33. The Morgan fingerprint density at radius 3 is 2.80 bits per heavy atom. The van der Waals surface area contributed by atoms with Crippen molar-refractivity contribution in [1.29, 1.82) is 0 Å². The van der Waals surface area contributed by atoms with Gasteiger partial charge in [0.2, 0.25) is 0 Å². The minimum absolute atomic E-state index is 0.0672. The first kappa shape index (κ1) is 10.5. The molecule has 1 aliphatic carbocycles. The van der Waals surface area contributed by atoms with Gasteiger partial charge in [-0.3, -0.25) is 0 Å². The molecular formula is C13H18O2. The molecule has 0 spiro atoms. The first-order valence-corrected chi connectivity index (χ1v) is 5.47. The largest absolute Gasteiger partial charge is 0.508 e. The maximum absolute atomic E-state index is 9.39. The zero-order chi connectivity index (χ0) is 11.1. The Balaban J connectivity index is 2.37. The number of aliphatic hydroxyl groups is 1. The fraction of sp³-hybridized carbons (Fsp3) is 0.538. The van der Waals surface area contributed by atoms with Crippen LogP contribution in [0.1, 0.15) is 37.3 Å². The topological polar surface area (TPSA) is 40.5 Å².